The van der Waals surface area contributed by atoms with Gasteiger partial charge in [-0.25, -0.2) is 0 Å². The first kappa shape index (κ1) is 18.8. The van der Waals surface area contributed by atoms with Crippen LogP contribution < -0.4 is 0 Å². The van der Waals surface area contributed by atoms with Crippen LogP contribution >= 0.6 is 0 Å². The van der Waals surface area contributed by atoms with Crippen LogP contribution in [0.3, 0.4) is 0 Å². The fourth-order valence-electron chi connectivity index (χ4n) is 3.04. The fourth-order valence-corrected chi connectivity index (χ4v) is 3.04. The molecule has 0 fully saturated rings. The lowest BCUT2D eigenvalue weighted by molar-refractivity contribution is 0.103. The first-order valence-electron chi connectivity index (χ1n) is 9.50. The number of aryl methyl sites for hydroxylation is 1. The topological polar surface area (TPSA) is 68.6 Å². The number of rotatable bonds is 9. The van der Waals surface area contributed by atoms with E-state index in [9.17, 15) is 4.79 Å². The third kappa shape index (κ3) is 5.26. The number of hydrogen-bond acceptors (Lipinski definition) is 5. The third-order valence-electron chi connectivity index (χ3n) is 4.59. The first-order chi connectivity index (χ1) is 13.3. The van der Waals surface area contributed by atoms with Crippen molar-refractivity contribution in [3.63, 3.8) is 0 Å². The Bertz CT molecular complexity index is 863. The summed E-state index contributed by atoms with van der Waals surface area (Å²) in [5.74, 6) is 0.0316. The predicted molar refractivity (Wildman–Crippen MR) is 105 cm³/mol. The molecular formula is C22H24N4O. The van der Waals surface area contributed by atoms with Gasteiger partial charge in [-0.2, -0.15) is 0 Å². The van der Waals surface area contributed by atoms with Gasteiger partial charge in [0.1, 0.15) is 0 Å². The molecule has 138 valence electrons. The number of unbranched alkanes of at least 4 members (excludes halogenated alkanes) is 3. The maximum absolute atomic E-state index is 12.5. The molecule has 5 heteroatoms. The van der Waals surface area contributed by atoms with Crippen LogP contribution in [0.25, 0.3) is 0 Å². The Kier molecular flexibility index (Phi) is 6.74. The van der Waals surface area contributed by atoms with Gasteiger partial charge >= 0.3 is 0 Å². The SMILES string of the molecule is CCCCCCc1nnnnc1Cc1ccc(C(=O)c2ccccc2)cc1. The van der Waals surface area contributed by atoms with E-state index in [2.05, 4.69) is 27.5 Å². The minimum Gasteiger partial charge on any atom is -0.289 e. The summed E-state index contributed by atoms with van der Waals surface area (Å²) in [6, 6.07) is 17.0. The minimum atomic E-state index is 0.0316. The molecule has 1 heterocycles. The second-order valence-corrected chi connectivity index (χ2v) is 6.65. The average Bonchev–Trinajstić information content (AvgIpc) is 2.73. The van der Waals surface area contributed by atoms with Crippen molar-refractivity contribution in [2.24, 2.45) is 0 Å². The largest absolute Gasteiger partial charge is 0.289 e. The molecule has 0 saturated carbocycles. The van der Waals surface area contributed by atoms with E-state index in [0.29, 0.717) is 17.5 Å². The summed E-state index contributed by atoms with van der Waals surface area (Å²) in [5, 5.41) is 15.8. The van der Waals surface area contributed by atoms with E-state index in [4.69, 9.17) is 0 Å². The van der Waals surface area contributed by atoms with Gasteiger partial charge in [0.25, 0.3) is 0 Å². The lowest BCUT2D eigenvalue weighted by Crippen LogP contribution is -2.07. The maximum atomic E-state index is 12.5. The van der Waals surface area contributed by atoms with E-state index in [1.807, 2.05) is 54.6 Å². The molecule has 0 atom stereocenters. The summed E-state index contributed by atoms with van der Waals surface area (Å²) in [6.07, 6.45) is 6.25. The van der Waals surface area contributed by atoms with E-state index >= 15 is 0 Å². The highest BCUT2D eigenvalue weighted by Crippen LogP contribution is 2.15. The highest BCUT2D eigenvalue weighted by atomic mass is 16.1. The maximum Gasteiger partial charge on any atom is 0.193 e. The van der Waals surface area contributed by atoms with Gasteiger partial charge in [0.05, 0.1) is 11.4 Å². The first-order valence-corrected chi connectivity index (χ1v) is 9.50. The van der Waals surface area contributed by atoms with E-state index in [1.54, 1.807) is 0 Å². The monoisotopic (exact) mass is 360 g/mol. The lowest BCUT2D eigenvalue weighted by atomic mass is 10.00. The molecule has 5 nitrogen and oxygen atoms in total. The summed E-state index contributed by atoms with van der Waals surface area (Å²) in [6.45, 7) is 2.20. The minimum absolute atomic E-state index is 0.0316. The zero-order valence-electron chi connectivity index (χ0n) is 15.6. The van der Waals surface area contributed by atoms with Crippen LogP contribution in [-0.4, -0.2) is 26.4 Å². The molecular weight excluding hydrogens is 336 g/mol. The number of nitrogens with zero attached hydrogens (tertiary/aromatic N) is 4. The number of carbonyl (C=O) groups is 1. The Morgan fingerprint density at radius 2 is 1.44 bits per heavy atom. The molecule has 0 radical (unpaired) electrons. The molecule has 0 aliphatic carbocycles. The fraction of sp³-hybridized carbons (Fsp3) is 0.318. The molecule has 0 aliphatic rings. The predicted octanol–water partition coefficient (Wildman–Crippen LogP) is 4.21. The standard InChI is InChI=1S/C22H24N4O/c1-2-3-4-8-11-20-21(24-26-25-23-20)16-17-12-14-19(15-13-17)22(27)18-9-6-5-7-10-18/h5-7,9-10,12-15H,2-4,8,11,16H2,1H3. The molecule has 27 heavy (non-hydrogen) atoms. The Morgan fingerprint density at radius 3 is 2.15 bits per heavy atom. The van der Waals surface area contributed by atoms with E-state index in [1.165, 1.54) is 19.3 Å². The second kappa shape index (κ2) is 9.67. The molecule has 0 N–H and O–H groups in total. The molecule has 0 saturated heterocycles. The smallest absolute Gasteiger partial charge is 0.193 e. The van der Waals surface area contributed by atoms with Crippen molar-refractivity contribution in [1.29, 1.82) is 0 Å². The average molecular weight is 360 g/mol. The molecule has 0 spiro atoms. The summed E-state index contributed by atoms with van der Waals surface area (Å²) in [4.78, 5) is 12.5. The van der Waals surface area contributed by atoms with Gasteiger partial charge in [-0.05, 0) is 28.8 Å². The summed E-state index contributed by atoms with van der Waals surface area (Å²) < 4.78 is 0. The van der Waals surface area contributed by atoms with Crippen molar-refractivity contribution in [3.8, 4) is 0 Å². The van der Waals surface area contributed by atoms with Crippen LogP contribution in [0.1, 0.15) is 65.5 Å². The Labute approximate surface area is 159 Å². The van der Waals surface area contributed by atoms with E-state index in [0.717, 1.165) is 29.8 Å². The van der Waals surface area contributed by atoms with E-state index in [-0.39, 0.29) is 5.78 Å². The number of hydrogen-bond donors (Lipinski definition) is 0. The van der Waals surface area contributed by atoms with Crippen molar-refractivity contribution < 1.29 is 4.79 Å². The van der Waals surface area contributed by atoms with Gasteiger partial charge in [0, 0.05) is 17.5 Å². The second-order valence-electron chi connectivity index (χ2n) is 6.65. The summed E-state index contributed by atoms with van der Waals surface area (Å²) in [5.41, 5.74) is 4.25. The summed E-state index contributed by atoms with van der Waals surface area (Å²) >= 11 is 0. The highest BCUT2D eigenvalue weighted by molar-refractivity contribution is 6.08. The quantitative estimate of drug-likeness (QED) is 0.422. The zero-order chi connectivity index (χ0) is 18.9. The Balaban J connectivity index is 1.67. The zero-order valence-corrected chi connectivity index (χ0v) is 15.6. The third-order valence-corrected chi connectivity index (χ3v) is 4.59. The molecule has 3 aromatic rings. The molecule has 0 unspecified atom stereocenters. The molecule has 0 bridgehead atoms. The van der Waals surface area contributed by atoms with Gasteiger partial charge in [-0.15, -0.1) is 10.2 Å². The van der Waals surface area contributed by atoms with Gasteiger partial charge in [0.15, 0.2) is 5.78 Å². The number of carbonyl (C=O) groups excluding carboxylic acids is 1. The number of aromatic nitrogens is 4. The van der Waals surface area contributed by atoms with Crippen molar-refractivity contribution in [2.75, 3.05) is 0 Å². The van der Waals surface area contributed by atoms with Crippen LogP contribution in [0.2, 0.25) is 0 Å². The van der Waals surface area contributed by atoms with Crippen molar-refractivity contribution in [3.05, 3.63) is 82.7 Å². The molecule has 0 amide bonds. The lowest BCUT2D eigenvalue weighted by Gasteiger charge is -2.07. The highest BCUT2D eigenvalue weighted by Gasteiger charge is 2.11. The van der Waals surface area contributed by atoms with Crippen LogP contribution in [0.5, 0.6) is 0 Å². The molecule has 1 aromatic heterocycles. The van der Waals surface area contributed by atoms with Gasteiger partial charge in [-0.3, -0.25) is 4.79 Å². The van der Waals surface area contributed by atoms with Crippen LogP contribution in [0, 0.1) is 0 Å². The van der Waals surface area contributed by atoms with Crippen molar-refractivity contribution >= 4 is 5.78 Å². The van der Waals surface area contributed by atoms with Crippen molar-refractivity contribution in [2.45, 2.75) is 45.4 Å². The summed E-state index contributed by atoms with van der Waals surface area (Å²) in [7, 11) is 0. The Morgan fingerprint density at radius 1 is 0.778 bits per heavy atom. The number of benzene rings is 2. The Hall–Kier alpha value is -2.95. The molecule has 3 rings (SSSR count). The normalized spacial score (nSPS) is 10.7. The van der Waals surface area contributed by atoms with Gasteiger partial charge < -0.3 is 0 Å². The van der Waals surface area contributed by atoms with Crippen LogP contribution in [-0.2, 0) is 12.8 Å². The van der Waals surface area contributed by atoms with Crippen LogP contribution in [0.4, 0.5) is 0 Å². The molecule has 2 aromatic carbocycles. The van der Waals surface area contributed by atoms with Gasteiger partial charge in [0.2, 0.25) is 0 Å². The van der Waals surface area contributed by atoms with Crippen LogP contribution in [0.15, 0.2) is 54.6 Å². The van der Waals surface area contributed by atoms with Gasteiger partial charge in [-0.1, -0.05) is 80.8 Å². The van der Waals surface area contributed by atoms with E-state index < -0.39 is 0 Å². The molecule has 0 aliphatic heterocycles. The van der Waals surface area contributed by atoms with Crippen molar-refractivity contribution in [1.82, 2.24) is 20.6 Å². The number of ketones is 1.